The molecule has 0 amide bonds. The van der Waals surface area contributed by atoms with Crippen LogP contribution >= 0.6 is 0 Å². The zero-order valence-corrected chi connectivity index (χ0v) is 11.1. The van der Waals surface area contributed by atoms with Crippen molar-refractivity contribution in [2.45, 2.75) is 6.92 Å². The van der Waals surface area contributed by atoms with E-state index < -0.39 is 0 Å². The summed E-state index contributed by atoms with van der Waals surface area (Å²) in [6.45, 7) is 2.00. The van der Waals surface area contributed by atoms with Crippen LogP contribution < -0.4 is 5.32 Å². The number of hydrogen-bond donors (Lipinski definition) is 1. The minimum Gasteiger partial charge on any atom is -0.354 e. The zero-order valence-electron chi connectivity index (χ0n) is 11.1. The Labute approximate surface area is 117 Å². The third-order valence-corrected chi connectivity index (χ3v) is 3.33. The first-order chi connectivity index (χ1) is 9.79. The number of para-hydroxylation sites is 1. The van der Waals surface area contributed by atoms with Crippen molar-refractivity contribution in [1.29, 1.82) is 5.26 Å². The molecule has 3 nitrogen and oxygen atoms in total. The number of pyridine rings is 1. The highest BCUT2D eigenvalue weighted by molar-refractivity contribution is 5.95. The van der Waals surface area contributed by atoms with Crippen LogP contribution in [0.25, 0.3) is 10.8 Å². The van der Waals surface area contributed by atoms with Crippen LogP contribution in [0.3, 0.4) is 0 Å². The van der Waals surface area contributed by atoms with Crippen molar-refractivity contribution < 1.29 is 0 Å². The fraction of sp³-hybridized carbons (Fsp3) is 0.0588. The minimum atomic E-state index is 0.649. The van der Waals surface area contributed by atoms with Crippen LogP contribution in [0.2, 0.25) is 0 Å². The average Bonchev–Trinajstić information content (AvgIpc) is 2.49. The van der Waals surface area contributed by atoms with Gasteiger partial charge in [0.1, 0.15) is 6.07 Å². The summed E-state index contributed by atoms with van der Waals surface area (Å²) in [6.07, 6.45) is 3.61. The third kappa shape index (κ3) is 2.08. The van der Waals surface area contributed by atoms with Gasteiger partial charge in [0.2, 0.25) is 0 Å². The minimum absolute atomic E-state index is 0.649. The molecule has 0 atom stereocenters. The summed E-state index contributed by atoms with van der Waals surface area (Å²) in [4.78, 5) is 4.13. The lowest BCUT2D eigenvalue weighted by molar-refractivity contribution is 1.36. The highest BCUT2D eigenvalue weighted by atomic mass is 14.9. The van der Waals surface area contributed by atoms with Gasteiger partial charge in [-0.25, -0.2) is 0 Å². The number of aromatic nitrogens is 1. The van der Waals surface area contributed by atoms with E-state index in [1.54, 1.807) is 6.20 Å². The summed E-state index contributed by atoms with van der Waals surface area (Å²) in [7, 11) is 0. The molecule has 0 saturated heterocycles. The molecular formula is C17H13N3. The number of rotatable bonds is 2. The van der Waals surface area contributed by atoms with Gasteiger partial charge in [0.25, 0.3) is 0 Å². The summed E-state index contributed by atoms with van der Waals surface area (Å²) in [6, 6.07) is 15.9. The highest BCUT2D eigenvalue weighted by Crippen LogP contribution is 2.29. The molecule has 3 heteroatoms. The first-order valence-electron chi connectivity index (χ1n) is 6.39. The lowest BCUT2D eigenvalue weighted by atomic mass is 10.1. The van der Waals surface area contributed by atoms with E-state index in [2.05, 4.69) is 16.4 Å². The van der Waals surface area contributed by atoms with Gasteiger partial charge in [-0.15, -0.1) is 0 Å². The molecule has 1 N–H and O–H groups in total. The highest BCUT2D eigenvalue weighted by Gasteiger charge is 2.07. The van der Waals surface area contributed by atoms with Crippen LogP contribution in [-0.2, 0) is 0 Å². The monoisotopic (exact) mass is 259 g/mol. The van der Waals surface area contributed by atoms with E-state index >= 15 is 0 Å². The fourth-order valence-electron chi connectivity index (χ4n) is 2.29. The summed E-state index contributed by atoms with van der Waals surface area (Å²) < 4.78 is 0. The molecule has 0 aliphatic carbocycles. The predicted octanol–water partition coefficient (Wildman–Crippen LogP) is 4.16. The smallest absolute Gasteiger partial charge is 0.101 e. The third-order valence-electron chi connectivity index (χ3n) is 3.33. The molecule has 3 aromatic rings. The molecular weight excluding hydrogens is 246 g/mol. The van der Waals surface area contributed by atoms with Gasteiger partial charge in [0.05, 0.1) is 11.3 Å². The van der Waals surface area contributed by atoms with E-state index in [-0.39, 0.29) is 0 Å². The van der Waals surface area contributed by atoms with E-state index in [1.165, 1.54) is 0 Å². The van der Waals surface area contributed by atoms with E-state index in [4.69, 9.17) is 0 Å². The van der Waals surface area contributed by atoms with Gasteiger partial charge in [0, 0.05) is 28.9 Å². The molecule has 1 heterocycles. The quantitative estimate of drug-likeness (QED) is 0.751. The summed E-state index contributed by atoms with van der Waals surface area (Å²) >= 11 is 0. The summed E-state index contributed by atoms with van der Waals surface area (Å²) in [5.74, 6) is 0. The number of anilines is 2. The van der Waals surface area contributed by atoms with Gasteiger partial charge in [-0.1, -0.05) is 24.3 Å². The van der Waals surface area contributed by atoms with Gasteiger partial charge < -0.3 is 5.32 Å². The normalized spacial score (nSPS) is 10.2. The number of hydrogen-bond acceptors (Lipinski definition) is 3. The second-order valence-corrected chi connectivity index (χ2v) is 4.64. The Hall–Kier alpha value is -2.86. The molecule has 0 unspecified atom stereocenters. The van der Waals surface area contributed by atoms with Gasteiger partial charge in [-0.3, -0.25) is 4.98 Å². The Morgan fingerprint density at radius 3 is 2.80 bits per heavy atom. The number of nitrogens with zero attached hydrogens (tertiary/aromatic N) is 2. The van der Waals surface area contributed by atoms with Gasteiger partial charge in [-0.05, 0) is 30.7 Å². The Morgan fingerprint density at radius 2 is 1.95 bits per heavy atom. The maximum atomic E-state index is 9.23. The maximum absolute atomic E-state index is 9.23. The Balaban J connectivity index is 2.13. The number of nitrogens with one attached hydrogen (secondary N) is 1. The van der Waals surface area contributed by atoms with Gasteiger partial charge >= 0.3 is 0 Å². The van der Waals surface area contributed by atoms with Gasteiger partial charge in [-0.2, -0.15) is 5.26 Å². The van der Waals surface area contributed by atoms with Crippen molar-refractivity contribution in [3.63, 3.8) is 0 Å². The molecule has 20 heavy (non-hydrogen) atoms. The largest absolute Gasteiger partial charge is 0.354 e. The second-order valence-electron chi connectivity index (χ2n) is 4.64. The van der Waals surface area contributed by atoms with Crippen molar-refractivity contribution in [3.05, 3.63) is 66.0 Å². The lowest BCUT2D eigenvalue weighted by Gasteiger charge is -2.13. The van der Waals surface area contributed by atoms with Crippen LogP contribution in [0.4, 0.5) is 11.4 Å². The topological polar surface area (TPSA) is 48.7 Å². The molecule has 96 valence electrons. The molecule has 0 spiro atoms. The lowest BCUT2D eigenvalue weighted by Crippen LogP contribution is -1.97. The van der Waals surface area contributed by atoms with E-state index in [9.17, 15) is 5.26 Å². The van der Waals surface area contributed by atoms with Crippen molar-refractivity contribution in [2.24, 2.45) is 0 Å². The van der Waals surface area contributed by atoms with Crippen molar-refractivity contribution in [3.8, 4) is 6.07 Å². The van der Waals surface area contributed by atoms with Crippen LogP contribution in [0.15, 0.2) is 54.9 Å². The van der Waals surface area contributed by atoms with Crippen LogP contribution in [0, 0.1) is 18.3 Å². The van der Waals surface area contributed by atoms with Crippen LogP contribution in [-0.4, -0.2) is 4.98 Å². The molecule has 0 fully saturated rings. The summed E-state index contributed by atoms with van der Waals surface area (Å²) in [5.41, 5.74) is 3.54. The molecule has 0 radical (unpaired) electrons. The first kappa shape index (κ1) is 12.2. The second kappa shape index (κ2) is 5.02. The Kier molecular flexibility index (Phi) is 3.06. The Bertz CT molecular complexity index is 811. The molecule has 0 saturated carbocycles. The predicted molar refractivity (Wildman–Crippen MR) is 80.9 cm³/mol. The van der Waals surface area contributed by atoms with E-state index in [1.807, 2.05) is 55.6 Å². The number of nitriles is 1. The summed E-state index contributed by atoms with van der Waals surface area (Å²) in [5, 5.41) is 14.8. The Morgan fingerprint density at radius 1 is 1.10 bits per heavy atom. The molecule has 0 bridgehead atoms. The van der Waals surface area contributed by atoms with Crippen molar-refractivity contribution in [2.75, 3.05) is 5.32 Å². The first-order valence-corrected chi connectivity index (χ1v) is 6.39. The molecule has 0 aliphatic heterocycles. The zero-order chi connectivity index (χ0) is 13.9. The molecule has 3 rings (SSSR count). The van der Waals surface area contributed by atoms with Crippen molar-refractivity contribution in [1.82, 2.24) is 4.98 Å². The number of fused-ring (bicyclic) bond motifs is 1. The number of aryl methyl sites for hydroxylation is 1. The molecule has 1 aromatic heterocycles. The van der Waals surface area contributed by atoms with Crippen LogP contribution in [0.1, 0.15) is 11.1 Å². The molecule has 0 aliphatic rings. The maximum Gasteiger partial charge on any atom is 0.101 e. The van der Waals surface area contributed by atoms with Crippen molar-refractivity contribution >= 4 is 22.1 Å². The fourth-order valence-corrected chi connectivity index (χ4v) is 2.29. The SMILES string of the molecule is Cc1cccc(C#N)c1Nc1cccc2cnccc12. The average molecular weight is 259 g/mol. The standard InChI is InChI=1S/C17H13N3/c1-12-4-2-5-13(10-18)17(12)20-16-7-3-6-14-11-19-9-8-15(14)16/h2-9,11,20H,1H3. The molecule has 2 aromatic carbocycles. The van der Waals surface area contributed by atoms with Crippen LogP contribution in [0.5, 0.6) is 0 Å². The van der Waals surface area contributed by atoms with Gasteiger partial charge in [0.15, 0.2) is 0 Å². The van der Waals surface area contributed by atoms with E-state index in [0.29, 0.717) is 5.56 Å². The number of benzene rings is 2. The van der Waals surface area contributed by atoms with E-state index in [0.717, 1.165) is 27.7 Å².